The molecule has 0 aliphatic carbocycles. The number of anilines is 1. The van der Waals surface area contributed by atoms with Crippen LogP contribution in [-0.2, 0) is 16.0 Å². The van der Waals surface area contributed by atoms with Crippen molar-refractivity contribution in [3.63, 3.8) is 0 Å². The van der Waals surface area contributed by atoms with E-state index in [-0.39, 0.29) is 18.4 Å². The lowest BCUT2D eigenvalue weighted by molar-refractivity contribution is -0.126. The van der Waals surface area contributed by atoms with Crippen molar-refractivity contribution in [1.82, 2.24) is 15.1 Å². The smallest absolute Gasteiger partial charge is 0.266 e. The Hall–Kier alpha value is -2.30. The number of carbonyl (C=O) groups excluding carboxylic acids is 2. The Balaban J connectivity index is 1.64. The molecule has 1 N–H and O–H groups in total. The highest BCUT2D eigenvalue weighted by Gasteiger charge is 2.33. The Bertz CT molecular complexity index is 924. The molecule has 1 aromatic heterocycles. The number of rotatable bonds is 7. The third-order valence-electron chi connectivity index (χ3n) is 3.68. The van der Waals surface area contributed by atoms with Gasteiger partial charge in [0.2, 0.25) is 11.0 Å². The van der Waals surface area contributed by atoms with Crippen molar-refractivity contribution in [1.29, 1.82) is 0 Å². The molecule has 1 aliphatic rings. The predicted octanol–water partition coefficient (Wildman–Crippen LogP) is 3.34. The molecular weight excluding hydrogens is 416 g/mol. The first-order chi connectivity index (χ1) is 13.5. The zero-order valence-corrected chi connectivity index (χ0v) is 17.7. The van der Waals surface area contributed by atoms with Crippen LogP contribution in [-0.4, -0.2) is 44.4 Å². The minimum absolute atomic E-state index is 0.160. The molecule has 1 fully saturated rings. The molecule has 0 spiro atoms. The third-order valence-corrected chi connectivity index (χ3v) is 6.04. The number of aryl methyl sites for hydroxylation is 1. The number of ether oxygens (including phenoxy) is 1. The number of amides is 2. The van der Waals surface area contributed by atoms with Gasteiger partial charge in [0.25, 0.3) is 5.91 Å². The Morgan fingerprint density at radius 1 is 1.29 bits per heavy atom. The van der Waals surface area contributed by atoms with E-state index < -0.39 is 0 Å². The zero-order chi connectivity index (χ0) is 20.1. The second-order valence-corrected chi connectivity index (χ2v) is 8.41. The van der Waals surface area contributed by atoms with Gasteiger partial charge in [0.15, 0.2) is 0 Å². The first kappa shape index (κ1) is 20.4. The van der Waals surface area contributed by atoms with Crippen LogP contribution in [0.5, 0.6) is 5.75 Å². The first-order valence-corrected chi connectivity index (χ1v) is 10.6. The van der Waals surface area contributed by atoms with Crippen LogP contribution < -0.4 is 10.1 Å². The number of nitrogens with zero attached hydrogens (tertiary/aromatic N) is 3. The van der Waals surface area contributed by atoms with Crippen LogP contribution in [0, 0.1) is 0 Å². The minimum Gasteiger partial charge on any atom is -0.494 e. The molecule has 2 heterocycles. The van der Waals surface area contributed by atoms with E-state index in [2.05, 4.69) is 15.5 Å². The number of carbonyl (C=O) groups is 2. The molecule has 28 heavy (non-hydrogen) atoms. The van der Waals surface area contributed by atoms with Crippen molar-refractivity contribution in [3.05, 3.63) is 39.7 Å². The Morgan fingerprint density at radius 3 is 2.68 bits per heavy atom. The van der Waals surface area contributed by atoms with Crippen LogP contribution in [0.1, 0.15) is 24.4 Å². The normalized spacial score (nSPS) is 15.4. The van der Waals surface area contributed by atoms with Crippen LogP contribution >= 0.6 is 35.3 Å². The van der Waals surface area contributed by atoms with Gasteiger partial charge >= 0.3 is 0 Å². The molecule has 0 saturated carbocycles. The SMILES string of the molecule is CCOc1ccc(/C=C2\SC(=S)N(CC(=O)Nc3nnc(CC)s3)C2=O)cc1. The molecule has 10 heteroatoms. The maximum atomic E-state index is 12.6. The number of nitrogens with one attached hydrogen (secondary N) is 1. The number of benzene rings is 1. The highest BCUT2D eigenvalue weighted by molar-refractivity contribution is 8.26. The first-order valence-electron chi connectivity index (χ1n) is 8.60. The van der Waals surface area contributed by atoms with Crippen molar-refractivity contribution in [2.24, 2.45) is 0 Å². The zero-order valence-electron chi connectivity index (χ0n) is 15.3. The van der Waals surface area contributed by atoms with Crippen LogP contribution in [0.25, 0.3) is 6.08 Å². The summed E-state index contributed by atoms with van der Waals surface area (Å²) in [6.45, 7) is 4.31. The molecule has 2 aromatic rings. The maximum absolute atomic E-state index is 12.6. The molecule has 7 nitrogen and oxygen atoms in total. The van der Waals surface area contributed by atoms with E-state index in [0.29, 0.717) is 21.0 Å². The number of aromatic nitrogens is 2. The van der Waals surface area contributed by atoms with E-state index >= 15 is 0 Å². The summed E-state index contributed by atoms with van der Waals surface area (Å²) < 4.78 is 5.76. The van der Waals surface area contributed by atoms with Gasteiger partial charge in [0, 0.05) is 0 Å². The van der Waals surface area contributed by atoms with Crippen LogP contribution in [0.2, 0.25) is 0 Å². The quantitative estimate of drug-likeness (QED) is 0.528. The van der Waals surface area contributed by atoms with Gasteiger partial charge in [-0.15, -0.1) is 10.2 Å². The predicted molar refractivity (Wildman–Crippen MR) is 115 cm³/mol. The fourth-order valence-electron chi connectivity index (χ4n) is 2.36. The third kappa shape index (κ3) is 4.94. The van der Waals surface area contributed by atoms with E-state index in [4.69, 9.17) is 17.0 Å². The topological polar surface area (TPSA) is 84.4 Å². The molecule has 3 rings (SSSR count). The van der Waals surface area contributed by atoms with E-state index in [1.807, 2.05) is 38.1 Å². The van der Waals surface area contributed by atoms with E-state index in [9.17, 15) is 9.59 Å². The van der Waals surface area contributed by atoms with Crippen molar-refractivity contribution in [2.45, 2.75) is 20.3 Å². The molecule has 0 bridgehead atoms. The minimum atomic E-state index is -0.363. The van der Waals surface area contributed by atoms with Crippen LogP contribution in [0.15, 0.2) is 29.2 Å². The van der Waals surface area contributed by atoms with Gasteiger partial charge in [0.05, 0.1) is 11.5 Å². The molecule has 1 saturated heterocycles. The molecule has 0 atom stereocenters. The van der Waals surface area contributed by atoms with Crippen molar-refractivity contribution in [2.75, 3.05) is 18.5 Å². The summed E-state index contributed by atoms with van der Waals surface area (Å²) in [5, 5.41) is 11.8. The van der Waals surface area contributed by atoms with E-state index in [1.54, 1.807) is 6.08 Å². The maximum Gasteiger partial charge on any atom is 0.266 e. The highest BCUT2D eigenvalue weighted by atomic mass is 32.2. The Morgan fingerprint density at radius 2 is 2.04 bits per heavy atom. The summed E-state index contributed by atoms with van der Waals surface area (Å²) in [7, 11) is 0. The van der Waals surface area contributed by atoms with Gasteiger partial charge in [-0.25, -0.2) is 0 Å². The molecule has 1 aliphatic heterocycles. The van der Waals surface area contributed by atoms with Gasteiger partial charge in [-0.2, -0.15) is 0 Å². The number of thioether (sulfide) groups is 1. The Kier molecular flexibility index (Phi) is 6.76. The fourth-order valence-corrected chi connectivity index (χ4v) is 4.31. The van der Waals surface area contributed by atoms with Gasteiger partial charge in [0.1, 0.15) is 21.6 Å². The van der Waals surface area contributed by atoms with Gasteiger partial charge in [-0.05, 0) is 37.1 Å². The summed E-state index contributed by atoms with van der Waals surface area (Å²) in [4.78, 5) is 26.7. The largest absolute Gasteiger partial charge is 0.494 e. The van der Waals surface area contributed by atoms with Gasteiger partial charge in [-0.3, -0.25) is 19.8 Å². The average Bonchev–Trinajstić information content (AvgIpc) is 3.23. The molecule has 2 amide bonds. The number of hydrogen-bond acceptors (Lipinski definition) is 8. The summed E-state index contributed by atoms with van der Waals surface area (Å²) in [6, 6.07) is 7.42. The van der Waals surface area contributed by atoms with Crippen LogP contribution in [0.4, 0.5) is 5.13 Å². The number of hydrogen-bond donors (Lipinski definition) is 1. The molecule has 1 aromatic carbocycles. The van der Waals surface area contributed by atoms with Crippen molar-refractivity contribution in [3.8, 4) is 5.75 Å². The standard InChI is InChI=1S/C18H18N4O3S3/c1-3-15-20-21-17(28-15)19-14(23)10-22-16(24)13(27-18(22)26)9-11-5-7-12(8-6-11)25-4-2/h5-9H,3-4,10H2,1-2H3,(H,19,21,23)/b13-9-. The van der Waals surface area contributed by atoms with Crippen molar-refractivity contribution < 1.29 is 14.3 Å². The summed E-state index contributed by atoms with van der Waals surface area (Å²) >= 11 is 7.76. The molecule has 0 radical (unpaired) electrons. The molecule has 0 unspecified atom stereocenters. The number of thiocarbonyl (C=S) groups is 1. The van der Waals surface area contributed by atoms with Gasteiger partial charge in [-0.1, -0.05) is 54.4 Å². The van der Waals surface area contributed by atoms with Crippen molar-refractivity contribution >= 4 is 62.7 Å². The van der Waals surface area contributed by atoms with E-state index in [0.717, 1.165) is 22.7 Å². The second-order valence-electron chi connectivity index (χ2n) is 5.67. The lowest BCUT2D eigenvalue weighted by Crippen LogP contribution is -2.36. The molecular formula is C18H18N4O3S3. The summed E-state index contributed by atoms with van der Waals surface area (Å²) in [5.41, 5.74) is 0.856. The van der Waals surface area contributed by atoms with Gasteiger partial charge < -0.3 is 4.74 Å². The fraction of sp³-hybridized carbons (Fsp3) is 0.278. The average molecular weight is 435 g/mol. The summed E-state index contributed by atoms with van der Waals surface area (Å²) in [5.74, 6) is 0.120. The monoisotopic (exact) mass is 434 g/mol. The highest BCUT2D eigenvalue weighted by Crippen LogP contribution is 2.32. The van der Waals surface area contributed by atoms with Crippen LogP contribution in [0.3, 0.4) is 0 Å². The summed E-state index contributed by atoms with van der Waals surface area (Å²) in [6.07, 6.45) is 2.50. The lowest BCUT2D eigenvalue weighted by atomic mass is 10.2. The Labute approximate surface area is 176 Å². The lowest BCUT2D eigenvalue weighted by Gasteiger charge is -2.13. The molecule has 146 valence electrons. The second kappa shape index (κ2) is 9.26. The van der Waals surface area contributed by atoms with E-state index in [1.165, 1.54) is 28.0 Å².